The molecule has 0 aliphatic carbocycles. The van der Waals surface area contributed by atoms with Crippen molar-refractivity contribution < 1.29 is 14.3 Å². The van der Waals surface area contributed by atoms with Crippen LogP contribution in [0.4, 0.5) is 11.6 Å². The number of likely N-dealkylation sites (tertiary alicyclic amines) is 1. The van der Waals surface area contributed by atoms with Crippen LogP contribution in [0.3, 0.4) is 0 Å². The molecule has 1 saturated heterocycles. The van der Waals surface area contributed by atoms with Crippen LogP contribution >= 0.6 is 0 Å². The Hall–Kier alpha value is -4.91. The summed E-state index contributed by atoms with van der Waals surface area (Å²) >= 11 is 0. The van der Waals surface area contributed by atoms with E-state index in [0.717, 1.165) is 18.4 Å². The Morgan fingerprint density at radius 1 is 1.13 bits per heavy atom. The number of rotatable bonds is 6. The van der Waals surface area contributed by atoms with Gasteiger partial charge in [-0.2, -0.15) is 5.10 Å². The molecule has 0 radical (unpaired) electrons. The molecule has 4 aromatic rings. The molecule has 38 heavy (non-hydrogen) atoms. The van der Waals surface area contributed by atoms with Gasteiger partial charge in [-0.3, -0.25) is 14.7 Å². The molecule has 0 bridgehead atoms. The fraction of sp³-hybridized carbons (Fsp3) is 0.250. The fourth-order valence-electron chi connectivity index (χ4n) is 4.37. The average molecular weight is 510 g/mol. The molecule has 1 aromatic carbocycles. The first-order chi connectivity index (χ1) is 18.5. The van der Waals surface area contributed by atoms with Gasteiger partial charge in [-0.25, -0.2) is 9.97 Å². The summed E-state index contributed by atoms with van der Waals surface area (Å²) in [4.78, 5) is 35.1. The van der Waals surface area contributed by atoms with Crippen molar-refractivity contribution in [2.24, 2.45) is 0 Å². The van der Waals surface area contributed by atoms with E-state index >= 15 is 0 Å². The van der Waals surface area contributed by atoms with E-state index in [1.807, 2.05) is 19.1 Å². The molecule has 4 heterocycles. The summed E-state index contributed by atoms with van der Waals surface area (Å²) in [5, 5.41) is 14.3. The van der Waals surface area contributed by atoms with Gasteiger partial charge in [0.25, 0.3) is 11.8 Å². The Balaban J connectivity index is 1.30. The minimum Gasteiger partial charge on any atom is -0.456 e. The number of pyridine rings is 2. The minimum atomic E-state index is -0.257. The number of amides is 2. The van der Waals surface area contributed by atoms with Gasteiger partial charge in [0.15, 0.2) is 11.5 Å². The van der Waals surface area contributed by atoms with Crippen molar-refractivity contribution >= 4 is 34.5 Å². The van der Waals surface area contributed by atoms with Crippen LogP contribution in [0.5, 0.6) is 11.5 Å². The number of carbonyl (C=O) groups excluding carboxylic acids is 2. The smallest absolute Gasteiger partial charge is 0.298 e. The van der Waals surface area contributed by atoms with Gasteiger partial charge in [0.1, 0.15) is 22.7 Å². The second-order valence-corrected chi connectivity index (χ2v) is 9.01. The fourth-order valence-corrected chi connectivity index (χ4v) is 4.37. The molecule has 1 aliphatic heterocycles. The zero-order valence-electron chi connectivity index (χ0n) is 21.1. The van der Waals surface area contributed by atoms with Gasteiger partial charge in [0.2, 0.25) is 0 Å². The summed E-state index contributed by atoms with van der Waals surface area (Å²) in [6.07, 6.45) is 5.07. The first-order valence-electron chi connectivity index (χ1n) is 12.3. The number of nitrogens with zero attached hydrogens (tertiary/aromatic N) is 4. The highest BCUT2D eigenvalue weighted by Gasteiger charge is 2.24. The van der Waals surface area contributed by atoms with E-state index in [-0.39, 0.29) is 17.9 Å². The van der Waals surface area contributed by atoms with Crippen molar-refractivity contribution in [3.8, 4) is 23.3 Å². The molecular weight excluding hydrogens is 482 g/mol. The number of aryl methyl sites for hydroxylation is 1. The van der Waals surface area contributed by atoms with Crippen LogP contribution in [0.2, 0.25) is 0 Å². The maximum Gasteiger partial charge on any atom is 0.298 e. The van der Waals surface area contributed by atoms with Crippen molar-refractivity contribution in [2.45, 2.75) is 32.7 Å². The Labute approximate surface area is 219 Å². The first kappa shape index (κ1) is 24.8. The summed E-state index contributed by atoms with van der Waals surface area (Å²) in [6.45, 7) is 4.83. The average Bonchev–Trinajstić information content (AvgIpc) is 3.33. The number of fused-ring (bicyclic) bond motifs is 1. The van der Waals surface area contributed by atoms with E-state index in [1.54, 1.807) is 54.5 Å². The predicted molar refractivity (Wildman–Crippen MR) is 144 cm³/mol. The number of nitrogens with one attached hydrogen (secondary N) is 3. The second-order valence-electron chi connectivity index (χ2n) is 9.01. The number of ether oxygens (including phenoxy) is 1. The molecule has 10 heteroatoms. The van der Waals surface area contributed by atoms with Crippen LogP contribution < -0.4 is 15.4 Å². The molecule has 1 fully saturated rings. The number of piperidine rings is 1. The van der Waals surface area contributed by atoms with Crippen molar-refractivity contribution in [3.63, 3.8) is 0 Å². The van der Waals surface area contributed by atoms with Gasteiger partial charge >= 0.3 is 0 Å². The lowest BCUT2D eigenvalue weighted by Crippen LogP contribution is -2.44. The van der Waals surface area contributed by atoms with E-state index in [1.165, 1.54) is 0 Å². The maximum absolute atomic E-state index is 12.6. The summed E-state index contributed by atoms with van der Waals surface area (Å²) in [5.41, 5.74) is 2.07. The molecule has 1 atom stereocenters. The lowest BCUT2D eigenvalue weighted by Gasteiger charge is -2.32. The largest absolute Gasteiger partial charge is 0.456 e. The highest BCUT2D eigenvalue weighted by atomic mass is 16.5. The van der Waals surface area contributed by atoms with E-state index in [2.05, 4.69) is 42.6 Å². The number of benzene rings is 1. The molecule has 0 unspecified atom stereocenters. The zero-order valence-corrected chi connectivity index (χ0v) is 21.1. The molecule has 0 spiro atoms. The third-order valence-corrected chi connectivity index (χ3v) is 6.21. The van der Waals surface area contributed by atoms with Crippen LogP contribution in [-0.4, -0.2) is 56.0 Å². The molecule has 3 aromatic heterocycles. The van der Waals surface area contributed by atoms with Crippen molar-refractivity contribution in [1.82, 2.24) is 25.1 Å². The van der Waals surface area contributed by atoms with Gasteiger partial charge in [-0.1, -0.05) is 5.92 Å². The predicted octanol–water partition coefficient (Wildman–Crippen LogP) is 4.13. The molecule has 0 saturated carbocycles. The number of H-pyrrole nitrogens is 1. The van der Waals surface area contributed by atoms with Crippen molar-refractivity contribution in [1.29, 1.82) is 0 Å². The quantitative estimate of drug-likeness (QED) is 0.334. The van der Waals surface area contributed by atoms with E-state index in [0.29, 0.717) is 52.8 Å². The van der Waals surface area contributed by atoms with E-state index < -0.39 is 0 Å². The SMILES string of the molecule is CC#CC(=O)N1CCC[C@@H](Nc2n[nH]c3nccc(Oc4ccc(C(=O)Nc5cc(C)ccn5)cc4)c23)C1. The molecule has 192 valence electrons. The van der Waals surface area contributed by atoms with Crippen LogP contribution in [0, 0.1) is 18.8 Å². The molecule has 1 aliphatic rings. The van der Waals surface area contributed by atoms with Crippen LogP contribution in [-0.2, 0) is 4.79 Å². The van der Waals surface area contributed by atoms with Gasteiger partial charge in [0.05, 0.1) is 0 Å². The highest BCUT2D eigenvalue weighted by Crippen LogP contribution is 2.33. The van der Waals surface area contributed by atoms with Gasteiger partial charge < -0.3 is 20.3 Å². The van der Waals surface area contributed by atoms with Crippen LogP contribution in [0.15, 0.2) is 54.9 Å². The maximum atomic E-state index is 12.6. The van der Waals surface area contributed by atoms with Crippen LogP contribution in [0.1, 0.15) is 35.7 Å². The zero-order chi connectivity index (χ0) is 26.5. The second kappa shape index (κ2) is 11.0. The Morgan fingerprint density at radius 2 is 1.95 bits per heavy atom. The number of hydrogen-bond donors (Lipinski definition) is 3. The van der Waals surface area contributed by atoms with Gasteiger partial charge in [0, 0.05) is 43.2 Å². The summed E-state index contributed by atoms with van der Waals surface area (Å²) in [5.74, 6) is 7.09. The minimum absolute atomic E-state index is 0.0200. The molecule has 5 rings (SSSR count). The first-order valence-corrected chi connectivity index (χ1v) is 12.3. The standard InChI is InChI=1S/C28H27N7O3/c1-3-5-24(36)35-15-4-6-20(17-35)31-27-25-22(12-14-30-26(25)33-34-27)38-21-9-7-19(8-10-21)28(37)32-23-16-18(2)11-13-29-23/h7-14,16,20H,4,6,15,17H2,1-2H3,(H,29,32,37)(H2,30,31,33,34)/t20-/m1/s1. The molecule has 3 N–H and O–H groups in total. The number of aromatic amines is 1. The molecular formula is C28H27N7O3. The summed E-state index contributed by atoms with van der Waals surface area (Å²) in [7, 11) is 0. The Morgan fingerprint density at radius 3 is 2.74 bits per heavy atom. The van der Waals surface area contributed by atoms with E-state index in [4.69, 9.17) is 4.74 Å². The van der Waals surface area contributed by atoms with Gasteiger partial charge in [-0.05, 0) is 74.6 Å². The third-order valence-electron chi connectivity index (χ3n) is 6.21. The topological polar surface area (TPSA) is 125 Å². The Bertz CT molecular complexity index is 1540. The number of aromatic nitrogens is 4. The lowest BCUT2D eigenvalue weighted by molar-refractivity contribution is -0.126. The van der Waals surface area contributed by atoms with E-state index in [9.17, 15) is 9.59 Å². The van der Waals surface area contributed by atoms with Crippen LogP contribution in [0.25, 0.3) is 11.0 Å². The van der Waals surface area contributed by atoms with Crippen molar-refractivity contribution in [2.75, 3.05) is 23.7 Å². The number of hydrogen-bond acceptors (Lipinski definition) is 7. The highest BCUT2D eigenvalue weighted by molar-refractivity contribution is 6.03. The molecule has 10 nitrogen and oxygen atoms in total. The Kier molecular flexibility index (Phi) is 7.17. The molecule has 2 amide bonds. The summed E-state index contributed by atoms with van der Waals surface area (Å²) < 4.78 is 6.17. The number of anilines is 2. The van der Waals surface area contributed by atoms with Crippen molar-refractivity contribution in [3.05, 3.63) is 66.0 Å². The lowest BCUT2D eigenvalue weighted by atomic mass is 10.1. The summed E-state index contributed by atoms with van der Waals surface area (Å²) in [6, 6.07) is 12.3. The third kappa shape index (κ3) is 5.57. The number of carbonyl (C=O) groups is 2. The van der Waals surface area contributed by atoms with Gasteiger partial charge in [-0.15, -0.1) is 0 Å². The normalized spacial score (nSPS) is 14.9. The monoisotopic (exact) mass is 509 g/mol.